The van der Waals surface area contributed by atoms with Crippen LogP contribution in [0.25, 0.3) is 0 Å². The molecule has 0 aromatic rings. The third-order valence-corrected chi connectivity index (χ3v) is 1.59. The summed E-state index contributed by atoms with van der Waals surface area (Å²) in [7, 11) is 0. The van der Waals surface area contributed by atoms with E-state index in [-0.39, 0.29) is 11.7 Å². The lowest BCUT2D eigenvalue weighted by Gasteiger charge is -2.03. The van der Waals surface area contributed by atoms with E-state index in [1.165, 1.54) is 6.92 Å². The number of ketones is 1. The van der Waals surface area contributed by atoms with Crippen molar-refractivity contribution in [2.24, 2.45) is 5.92 Å². The van der Waals surface area contributed by atoms with Crippen molar-refractivity contribution in [1.29, 1.82) is 0 Å². The zero-order valence-corrected chi connectivity index (χ0v) is 6.96. The van der Waals surface area contributed by atoms with E-state index in [1.807, 2.05) is 0 Å². The number of Topliss-reactive ketones (excluding diaryl/α,β-unsaturated/α-hetero) is 1. The summed E-state index contributed by atoms with van der Waals surface area (Å²) in [5.41, 5.74) is 0. The van der Waals surface area contributed by atoms with Gasteiger partial charge in [-0.2, -0.15) is 0 Å². The molecule has 0 spiro atoms. The monoisotopic (exact) mass is 158 g/mol. The summed E-state index contributed by atoms with van der Waals surface area (Å²) in [4.78, 5) is 20.7. The molecule has 3 heteroatoms. The summed E-state index contributed by atoms with van der Waals surface area (Å²) >= 11 is 0. The molecule has 1 N–H and O–H groups in total. The first-order valence-corrected chi connectivity index (χ1v) is 3.76. The molecule has 1 atom stereocenters. The Balaban J connectivity index is 3.39. The van der Waals surface area contributed by atoms with Gasteiger partial charge >= 0.3 is 5.97 Å². The summed E-state index contributed by atoms with van der Waals surface area (Å²) in [6.07, 6.45) is 1.77. The van der Waals surface area contributed by atoms with E-state index < -0.39 is 5.97 Å². The van der Waals surface area contributed by atoms with Crippen molar-refractivity contribution in [2.75, 3.05) is 0 Å². The standard InChI is InChI=1S/C8H14O3/c1-6(8(10)11)4-3-5-7(2)9/h6H,3-5H2,1-2H3,(H,10,11). The molecule has 11 heavy (non-hydrogen) atoms. The predicted octanol–water partition coefficient (Wildman–Crippen LogP) is 1.47. The van der Waals surface area contributed by atoms with Gasteiger partial charge in [0.25, 0.3) is 0 Å². The molecule has 0 saturated heterocycles. The van der Waals surface area contributed by atoms with E-state index in [9.17, 15) is 9.59 Å². The van der Waals surface area contributed by atoms with E-state index in [0.29, 0.717) is 19.3 Å². The molecule has 0 aliphatic carbocycles. The molecule has 0 aromatic heterocycles. The van der Waals surface area contributed by atoms with Crippen LogP contribution in [-0.2, 0) is 9.59 Å². The van der Waals surface area contributed by atoms with Gasteiger partial charge in [0.2, 0.25) is 0 Å². The van der Waals surface area contributed by atoms with Gasteiger partial charge < -0.3 is 9.90 Å². The Kier molecular flexibility index (Phi) is 4.50. The highest BCUT2D eigenvalue weighted by Gasteiger charge is 2.09. The summed E-state index contributed by atoms with van der Waals surface area (Å²) in [5, 5.41) is 8.46. The first-order chi connectivity index (χ1) is 5.04. The summed E-state index contributed by atoms with van der Waals surface area (Å²) < 4.78 is 0. The van der Waals surface area contributed by atoms with Crippen LogP contribution in [0, 0.1) is 5.92 Å². The number of hydrogen-bond donors (Lipinski definition) is 1. The van der Waals surface area contributed by atoms with Crippen molar-refractivity contribution >= 4 is 11.8 Å². The smallest absolute Gasteiger partial charge is 0.306 e. The quantitative estimate of drug-likeness (QED) is 0.659. The van der Waals surface area contributed by atoms with Crippen molar-refractivity contribution in [3.05, 3.63) is 0 Å². The van der Waals surface area contributed by atoms with Crippen LogP contribution in [0.5, 0.6) is 0 Å². The van der Waals surface area contributed by atoms with Crippen LogP contribution < -0.4 is 0 Å². The molecule has 1 unspecified atom stereocenters. The van der Waals surface area contributed by atoms with Crippen LogP contribution >= 0.6 is 0 Å². The van der Waals surface area contributed by atoms with Gasteiger partial charge in [0, 0.05) is 6.42 Å². The minimum atomic E-state index is -0.784. The van der Waals surface area contributed by atoms with E-state index in [2.05, 4.69) is 0 Å². The molecule has 3 nitrogen and oxygen atoms in total. The van der Waals surface area contributed by atoms with E-state index in [4.69, 9.17) is 5.11 Å². The fraction of sp³-hybridized carbons (Fsp3) is 0.750. The van der Waals surface area contributed by atoms with Crippen LogP contribution in [0.3, 0.4) is 0 Å². The highest BCUT2D eigenvalue weighted by molar-refractivity contribution is 5.75. The van der Waals surface area contributed by atoms with Crippen molar-refractivity contribution in [1.82, 2.24) is 0 Å². The molecule has 64 valence electrons. The average molecular weight is 158 g/mol. The topological polar surface area (TPSA) is 54.4 Å². The summed E-state index contributed by atoms with van der Waals surface area (Å²) in [6.45, 7) is 3.17. The Morgan fingerprint density at radius 1 is 1.45 bits per heavy atom. The largest absolute Gasteiger partial charge is 0.481 e. The SMILES string of the molecule is CC(=O)CCCC(C)C(=O)O. The second kappa shape index (κ2) is 4.88. The molecule has 0 saturated carbocycles. The molecule has 0 aliphatic heterocycles. The maximum atomic E-state index is 10.4. The number of carbonyl (C=O) groups excluding carboxylic acids is 1. The van der Waals surface area contributed by atoms with Gasteiger partial charge in [-0.15, -0.1) is 0 Å². The van der Waals surface area contributed by atoms with Gasteiger partial charge in [-0.05, 0) is 19.8 Å². The molecule has 0 aliphatic rings. The highest BCUT2D eigenvalue weighted by atomic mass is 16.4. The van der Waals surface area contributed by atoms with Crippen molar-refractivity contribution in [3.63, 3.8) is 0 Å². The number of aliphatic carboxylic acids is 1. The fourth-order valence-corrected chi connectivity index (χ4v) is 0.781. The third-order valence-electron chi connectivity index (χ3n) is 1.59. The molecule has 0 bridgehead atoms. The van der Waals surface area contributed by atoms with Gasteiger partial charge in [0.15, 0.2) is 0 Å². The number of hydrogen-bond acceptors (Lipinski definition) is 2. The molecule has 0 fully saturated rings. The van der Waals surface area contributed by atoms with Gasteiger partial charge in [0.05, 0.1) is 5.92 Å². The normalized spacial score (nSPS) is 12.5. The third kappa shape index (κ3) is 5.58. The predicted molar refractivity (Wildman–Crippen MR) is 41.3 cm³/mol. The van der Waals surface area contributed by atoms with Crippen molar-refractivity contribution in [3.8, 4) is 0 Å². The Hall–Kier alpha value is -0.860. The molecule has 0 aromatic carbocycles. The zero-order valence-electron chi connectivity index (χ0n) is 6.96. The average Bonchev–Trinajstić information content (AvgIpc) is 1.86. The van der Waals surface area contributed by atoms with E-state index >= 15 is 0 Å². The van der Waals surface area contributed by atoms with Crippen LogP contribution in [-0.4, -0.2) is 16.9 Å². The summed E-state index contributed by atoms with van der Waals surface area (Å²) in [5.74, 6) is -0.981. The Morgan fingerprint density at radius 3 is 2.36 bits per heavy atom. The number of carboxylic acid groups (broad SMARTS) is 1. The Morgan fingerprint density at radius 2 is 2.00 bits per heavy atom. The fourth-order valence-electron chi connectivity index (χ4n) is 0.781. The molecular formula is C8H14O3. The molecule has 0 amide bonds. The summed E-state index contributed by atoms with van der Waals surface area (Å²) in [6, 6.07) is 0. The second-order valence-corrected chi connectivity index (χ2v) is 2.83. The van der Waals surface area contributed by atoms with Crippen molar-refractivity contribution in [2.45, 2.75) is 33.1 Å². The highest BCUT2D eigenvalue weighted by Crippen LogP contribution is 2.07. The van der Waals surface area contributed by atoms with E-state index in [1.54, 1.807) is 6.92 Å². The molecular weight excluding hydrogens is 144 g/mol. The maximum Gasteiger partial charge on any atom is 0.306 e. The van der Waals surface area contributed by atoms with E-state index in [0.717, 1.165) is 0 Å². The molecule has 0 heterocycles. The van der Waals surface area contributed by atoms with Crippen LogP contribution in [0.1, 0.15) is 33.1 Å². The van der Waals surface area contributed by atoms with Crippen molar-refractivity contribution < 1.29 is 14.7 Å². The maximum absolute atomic E-state index is 10.4. The lowest BCUT2D eigenvalue weighted by atomic mass is 10.0. The van der Waals surface area contributed by atoms with Gasteiger partial charge in [-0.1, -0.05) is 6.92 Å². The number of rotatable bonds is 5. The van der Waals surface area contributed by atoms with Crippen LogP contribution in [0.2, 0.25) is 0 Å². The lowest BCUT2D eigenvalue weighted by molar-refractivity contribution is -0.141. The first-order valence-electron chi connectivity index (χ1n) is 3.76. The van der Waals surface area contributed by atoms with Crippen LogP contribution in [0.4, 0.5) is 0 Å². The molecule has 0 rings (SSSR count). The first kappa shape index (κ1) is 10.1. The minimum absolute atomic E-state index is 0.127. The van der Waals surface area contributed by atoms with Crippen LogP contribution in [0.15, 0.2) is 0 Å². The Labute approximate surface area is 66.4 Å². The second-order valence-electron chi connectivity index (χ2n) is 2.83. The Bertz CT molecular complexity index is 151. The molecule has 0 radical (unpaired) electrons. The zero-order chi connectivity index (χ0) is 8.85. The van der Waals surface area contributed by atoms with Gasteiger partial charge in [0.1, 0.15) is 5.78 Å². The van der Waals surface area contributed by atoms with Gasteiger partial charge in [-0.25, -0.2) is 0 Å². The lowest BCUT2D eigenvalue weighted by Crippen LogP contribution is -2.09. The number of carboxylic acids is 1. The van der Waals surface area contributed by atoms with Gasteiger partial charge in [-0.3, -0.25) is 4.79 Å². The minimum Gasteiger partial charge on any atom is -0.481 e. The number of carbonyl (C=O) groups is 2.